The fraction of sp³-hybridized carbons (Fsp3) is 0.444. The maximum Gasteiger partial charge on any atom is 0.326 e. The van der Waals surface area contributed by atoms with E-state index in [0.29, 0.717) is 22.9 Å². The van der Waals surface area contributed by atoms with E-state index in [1.54, 1.807) is 16.8 Å². The van der Waals surface area contributed by atoms with Crippen LogP contribution in [-0.4, -0.2) is 55.0 Å². The largest absolute Gasteiger partial charge is 0.493 e. The van der Waals surface area contributed by atoms with Crippen LogP contribution in [0.25, 0.3) is 11.7 Å². The maximum absolute atomic E-state index is 11.4. The SMILES string of the molecule is O=c1[nH]c(O)c(C=c2cnn3c(=NC4CC4)cc(NC4CCOCC4)nc23)[nH]1. The molecule has 0 aromatic carbocycles. The molecule has 3 aromatic heterocycles. The molecule has 1 saturated heterocycles. The third-order valence-electron chi connectivity index (χ3n) is 4.95. The highest BCUT2D eigenvalue weighted by molar-refractivity contribution is 5.58. The van der Waals surface area contributed by atoms with Crippen molar-refractivity contribution in [3.63, 3.8) is 0 Å². The molecule has 1 saturated carbocycles. The molecule has 0 bridgehead atoms. The molecule has 1 aliphatic carbocycles. The van der Waals surface area contributed by atoms with Gasteiger partial charge in [0.2, 0.25) is 5.88 Å². The summed E-state index contributed by atoms with van der Waals surface area (Å²) in [4.78, 5) is 25.7. The molecule has 0 spiro atoms. The molecular formula is C18H21N7O3. The number of nitrogens with zero attached hydrogens (tertiary/aromatic N) is 4. The van der Waals surface area contributed by atoms with E-state index in [9.17, 15) is 9.90 Å². The van der Waals surface area contributed by atoms with Gasteiger partial charge in [0, 0.05) is 30.5 Å². The van der Waals surface area contributed by atoms with Crippen LogP contribution in [0.5, 0.6) is 5.88 Å². The molecule has 0 amide bonds. The van der Waals surface area contributed by atoms with Crippen molar-refractivity contribution in [1.82, 2.24) is 24.6 Å². The minimum Gasteiger partial charge on any atom is -0.493 e. The normalized spacial score (nSPS) is 19.6. The van der Waals surface area contributed by atoms with Gasteiger partial charge in [0.1, 0.15) is 11.5 Å². The quantitative estimate of drug-likeness (QED) is 0.487. The number of anilines is 1. The Balaban J connectivity index is 1.63. The van der Waals surface area contributed by atoms with Crippen molar-refractivity contribution in [2.45, 2.75) is 37.8 Å². The predicted octanol–water partition coefficient (Wildman–Crippen LogP) is -0.347. The van der Waals surface area contributed by atoms with Crippen LogP contribution in [0.15, 0.2) is 22.1 Å². The number of imidazole rings is 1. The third kappa shape index (κ3) is 3.38. The Bertz CT molecular complexity index is 1180. The summed E-state index contributed by atoms with van der Waals surface area (Å²) in [6.45, 7) is 1.48. The van der Waals surface area contributed by atoms with Crippen LogP contribution in [0.4, 0.5) is 5.82 Å². The van der Waals surface area contributed by atoms with Gasteiger partial charge in [-0.25, -0.2) is 9.78 Å². The first-order valence-electron chi connectivity index (χ1n) is 9.45. The molecule has 2 aliphatic rings. The molecule has 10 heteroatoms. The Morgan fingerprint density at radius 2 is 2.11 bits per heavy atom. The van der Waals surface area contributed by atoms with E-state index < -0.39 is 5.69 Å². The number of H-pyrrole nitrogens is 2. The van der Waals surface area contributed by atoms with Crippen LogP contribution in [-0.2, 0) is 4.74 Å². The van der Waals surface area contributed by atoms with E-state index in [-0.39, 0.29) is 11.6 Å². The lowest BCUT2D eigenvalue weighted by molar-refractivity contribution is 0.0904. The number of hydrogen-bond donors (Lipinski definition) is 4. The summed E-state index contributed by atoms with van der Waals surface area (Å²) in [5.41, 5.74) is 1.16. The molecule has 4 N–H and O–H groups in total. The molecule has 0 unspecified atom stereocenters. The van der Waals surface area contributed by atoms with Crippen molar-refractivity contribution >= 4 is 17.5 Å². The van der Waals surface area contributed by atoms with Gasteiger partial charge in [-0.2, -0.15) is 9.61 Å². The standard InChI is InChI=1S/C18H21N7O3/c26-17-13(22-18(27)24-17)7-10-9-19-25-15(21-11-1-2-11)8-14(23-16(10)25)20-12-3-5-28-6-4-12/h7-9,11-12,20,26H,1-6H2,(H2,22,24,27). The second-order valence-electron chi connectivity index (χ2n) is 7.21. The first-order valence-corrected chi connectivity index (χ1v) is 9.45. The van der Waals surface area contributed by atoms with Gasteiger partial charge in [-0.05, 0) is 31.8 Å². The number of nitrogens with one attached hydrogen (secondary N) is 3. The number of rotatable bonds is 4. The first kappa shape index (κ1) is 17.0. The molecule has 2 fully saturated rings. The van der Waals surface area contributed by atoms with Gasteiger partial charge in [0.15, 0.2) is 11.1 Å². The molecule has 4 heterocycles. The van der Waals surface area contributed by atoms with Crippen LogP contribution in [0.3, 0.4) is 0 Å². The van der Waals surface area contributed by atoms with E-state index >= 15 is 0 Å². The number of aromatic amines is 2. The lowest BCUT2D eigenvalue weighted by atomic mass is 10.1. The zero-order chi connectivity index (χ0) is 19.1. The van der Waals surface area contributed by atoms with Gasteiger partial charge in [-0.15, -0.1) is 0 Å². The Labute approximate surface area is 159 Å². The summed E-state index contributed by atoms with van der Waals surface area (Å²) >= 11 is 0. The van der Waals surface area contributed by atoms with Gasteiger partial charge in [-0.1, -0.05) is 0 Å². The molecule has 1 aliphatic heterocycles. The van der Waals surface area contributed by atoms with Gasteiger partial charge in [0.25, 0.3) is 0 Å². The van der Waals surface area contributed by atoms with Crippen LogP contribution < -0.4 is 21.7 Å². The minimum absolute atomic E-state index is 0.219. The monoisotopic (exact) mass is 383 g/mol. The van der Waals surface area contributed by atoms with Crippen molar-refractivity contribution < 1.29 is 9.84 Å². The zero-order valence-corrected chi connectivity index (χ0v) is 15.2. The van der Waals surface area contributed by atoms with Gasteiger partial charge in [-0.3, -0.25) is 9.98 Å². The molecule has 3 aromatic rings. The average molecular weight is 383 g/mol. The first-order chi connectivity index (χ1) is 13.7. The smallest absolute Gasteiger partial charge is 0.326 e. The molecule has 0 radical (unpaired) electrons. The Morgan fingerprint density at radius 1 is 1.29 bits per heavy atom. The van der Waals surface area contributed by atoms with Crippen LogP contribution >= 0.6 is 0 Å². The lowest BCUT2D eigenvalue weighted by Crippen LogP contribution is -2.29. The second-order valence-corrected chi connectivity index (χ2v) is 7.21. The zero-order valence-electron chi connectivity index (χ0n) is 15.2. The Morgan fingerprint density at radius 3 is 2.82 bits per heavy atom. The molecule has 0 atom stereocenters. The third-order valence-corrected chi connectivity index (χ3v) is 4.95. The van der Waals surface area contributed by atoms with Crippen molar-refractivity contribution in [2.24, 2.45) is 4.99 Å². The number of aromatic nitrogens is 5. The van der Waals surface area contributed by atoms with Crippen molar-refractivity contribution in [3.8, 4) is 5.88 Å². The molecule has 5 rings (SSSR count). The number of aromatic hydroxyl groups is 1. The maximum atomic E-state index is 11.4. The van der Waals surface area contributed by atoms with E-state index in [0.717, 1.165) is 50.2 Å². The molecule has 28 heavy (non-hydrogen) atoms. The number of ether oxygens (including phenoxy) is 1. The van der Waals surface area contributed by atoms with Gasteiger partial charge < -0.3 is 20.1 Å². The van der Waals surface area contributed by atoms with Crippen LogP contribution in [0, 0.1) is 0 Å². The second kappa shape index (κ2) is 6.79. The van der Waals surface area contributed by atoms with E-state index in [4.69, 9.17) is 14.7 Å². The van der Waals surface area contributed by atoms with E-state index in [1.165, 1.54) is 0 Å². The van der Waals surface area contributed by atoms with Crippen LogP contribution in [0.1, 0.15) is 31.4 Å². The highest BCUT2D eigenvalue weighted by Crippen LogP contribution is 2.22. The molecule has 146 valence electrons. The summed E-state index contributed by atoms with van der Waals surface area (Å²) in [5, 5.41) is 18.4. The average Bonchev–Trinajstić information content (AvgIpc) is 3.32. The highest BCUT2D eigenvalue weighted by Gasteiger charge is 2.21. The lowest BCUT2D eigenvalue weighted by Gasteiger charge is -2.23. The van der Waals surface area contributed by atoms with Gasteiger partial charge in [0.05, 0.1) is 12.2 Å². The highest BCUT2D eigenvalue weighted by atomic mass is 16.5. The summed E-state index contributed by atoms with van der Waals surface area (Å²) in [7, 11) is 0. The number of fused-ring (bicyclic) bond motifs is 1. The molecular weight excluding hydrogens is 362 g/mol. The number of hydrogen-bond acceptors (Lipinski definition) is 7. The summed E-state index contributed by atoms with van der Waals surface area (Å²) in [6, 6.07) is 2.56. The molecule has 10 nitrogen and oxygen atoms in total. The van der Waals surface area contributed by atoms with Crippen molar-refractivity contribution in [2.75, 3.05) is 18.5 Å². The van der Waals surface area contributed by atoms with E-state index in [2.05, 4.69) is 20.4 Å². The Hall–Kier alpha value is -3.14. The van der Waals surface area contributed by atoms with Crippen molar-refractivity contribution in [1.29, 1.82) is 0 Å². The van der Waals surface area contributed by atoms with Crippen LogP contribution in [0.2, 0.25) is 0 Å². The van der Waals surface area contributed by atoms with E-state index in [1.807, 2.05) is 6.07 Å². The fourth-order valence-corrected chi connectivity index (χ4v) is 3.32. The fourth-order valence-electron chi connectivity index (χ4n) is 3.32. The predicted molar refractivity (Wildman–Crippen MR) is 101 cm³/mol. The van der Waals surface area contributed by atoms with Gasteiger partial charge >= 0.3 is 5.69 Å². The summed E-state index contributed by atoms with van der Waals surface area (Å²) in [6.07, 6.45) is 7.33. The topological polar surface area (TPSA) is 133 Å². The minimum atomic E-state index is -0.473. The Kier molecular flexibility index (Phi) is 4.12. The summed E-state index contributed by atoms with van der Waals surface area (Å²) in [5.74, 6) is 0.518. The van der Waals surface area contributed by atoms with Crippen molar-refractivity contribution in [3.05, 3.63) is 39.1 Å². The summed E-state index contributed by atoms with van der Waals surface area (Å²) < 4.78 is 7.12.